The van der Waals surface area contributed by atoms with E-state index in [1.807, 2.05) is 13.8 Å². The number of rotatable bonds is 1. The molecule has 1 saturated heterocycles. The van der Waals surface area contributed by atoms with Crippen LogP contribution < -0.4 is 10.9 Å². The Bertz CT molecular complexity index is 558. The highest BCUT2D eigenvalue weighted by Gasteiger charge is 2.61. The van der Waals surface area contributed by atoms with Crippen molar-refractivity contribution in [2.24, 2.45) is 11.3 Å². The summed E-state index contributed by atoms with van der Waals surface area (Å²) in [5.41, 5.74) is 4.59. The van der Waals surface area contributed by atoms with Crippen molar-refractivity contribution in [3.8, 4) is 0 Å². The second-order valence-corrected chi connectivity index (χ2v) is 7.17. The third-order valence-corrected chi connectivity index (χ3v) is 5.53. The molecule has 0 aromatic carbocycles. The van der Waals surface area contributed by atoms with E-state index in [9.17, 15) is 14.7 Å². The fourth-order valence-electron chi connectivity index (χ4n) is 3.59. The minimum Gasteiger partial charge on any atom is -0.392 e. The highest BCUT2D eigenvalue weighted by atomic mass is 32.1. The molecule has 3 amide bonds. The first-order valence-electron chi connectivity index (χ1n) is 7.01. The number of nitrogens with zero attached hydrogens (tertiary/aromatic N) is 1. The molecule has 3 rings (SSSR count). The Labute approximate surface area is 127 Å². The van der Waals surface area contributed by atoms with Gasteiger partial charge in [-0.05, 0) is 17.9 Å². The van der Waals surface area contributed by atoms with Gasteiger partial charge >= 0.3 is 6.03 Å². The van der Waals surface area contributed by atoms with Crippen LogP contribution in [0.5, 0.6) is 0 Å². The standard InChI is InChI=1S/C14H19N3O3S/c1-14(2)10-8(11(14)18)5-6-17(10)13(20)16-15-12(19)9-4-3-7-21-9/h3-4,7-8,10-11,18H,5-6H2,1-2H3,(H,15,19)(H,16,20)/t8-,10+,11+/m1/s1. The minimum atomic E-state index is -0.360. The van der Waals surface area contributed by atoms with E-state index >= 15 is 0 Å². The molecule has 2 heterocycles. The highest BCUT2D eigenvalue weighted by molar-refractivity contribution is 7.12. The molecule has 0 radical (unpaired) electrons. The lowest BCUT2D eigenvalue weighted by molar-refractivity contribution is -0.134. The maximum atomic E-state index is 12.2. The van der Waals surface area contributed by atoms with E-state index < -0.39 is 0 Å². The molecular weight excluding hydrogens is 290 g/mol. The van der Waals surface area contributed by atoms with Gasteiger partial charge in [0, 0.05) is 23.9 Å². The molecule has 0 spiro atoms. The van der Waals surface area contributed by atoms with Gasteiger partial charge in [-0.2, -0.15) is 0 Å². The Hall–Kier alpha value is -1.60. The minimum absolute atomic E-state index is 0.0335. The molecular formula is C14H19N3O3S. The number of fused-ring (bicyclic) bond motifs is 1. The summed E-state index contributed by atoms with van der Waals surface area (Å²) >= 11 is 1.32. The largest absolute Gasteiger partial charge is 0.392 e. The van der Waals surface area contributed by atoms with Crippen molar-refractivity contribution in [3.63, 3.8) is 0 Å². The number of amides is 3. The molecule has 0 unspecified atom stereocenters. The van der Waals surface area contributed by atoms with Crippen molar-refractivity contribution < 1.29 is 14.7 Å². The SMILES string of the molecule is CC1(C)[C@@H]2[C@@H](CCN2C(=O)NNC(=O)c2cccs2)[C@@H]1O. The second-order valence-electron chi connectivity index (χ2n) is 6.22. The topological polar surface area (TPSA) is 81.7 Å². The van der Waals surface area contributed by atoms with Gasteiger partial charge in [0.1, 0.15) is 0 Å². The summed E-state index contributed by atoms with van der Waals surface area (Å²) in [6, 6.07) is 3.20. The number of hydrogen-bond donors (Lipinski definition) is 3. The molecule has 21 heavy (non-hydrogen) atoms. The van der Waals surface area contributed by atoms with E-state index in [1.165, 1.54) is 11.3 Å². The van der Waals surface area contributed by atoms with Gasteiger partial charge in [-0.25, -0.2) is 10.2 Å². The maximum Gasteiger partial charge on any atom is 0.336 e. The van der Waals surface area contributed by atoms with Crippen molar-refractivity contribution in [2.75, 3.05) is 6.54 Å². The van der Waals surface area contributed by atoms with Crippen LogP contribution in [0.4, 0.5) is 4.79 Å². The number of aliphatic hydroxyl groups is 1. The Morgan fingerprint density at radius 2 is 2.19 bits per heavy atom. The van der Waals surface area contributed by atoms with E-state index in [4.69, 9.17) is 0 Å². The molecule has 1 aromatic rings. The third kappa shape index (κ3) is 2.20. The van der Waals surface area contributed by atoms with E-state index in [1.54, 1.807) is 22.4 Å². The van der Waals surface area contributed by atoms with Gasteiger partial charge in [0.15, 0.2) is 0 Å². The molecule has 0 bridgehead atoms. The average molecular weight is 309 g/mol. The first-order valence-corrected chi connectivity index (χ1v) is 7.89. The first-order chi connectivity index (χ1) is 9.93. The van der Waals surface area contributed by atoms with Crippen molar-refractivity contribution in [1.29, 1.82) is 0 Å². The molecule has 3 atom stereocenters. The fourth-order valence-corrected chi connectivity index (χ4v) is 4.21. The van der Waals surface area contributed by atoms with Crippen LogP contribution in [-0.4, -0.2) is 40.6 Å². The van der Waals surface area contributed by atoms with Crippen LogP contribution in [0.15, 0.2) is 17.5 Å². The monoisotopic (exact) mass is 309 g/mol. The number of urea groups is 1. The molecule has 2 fully saturated rings. The number of hydrogen-bond acceptors (Lipinski definition) is 4. The van der Waals surface area contributed by atoms with Crippen molar-refractivity contribution in [1.82, 2.24) is 15.8 Å². The Morgan fingerprint density at radius 1 is 1.43 bits per heavy atom. The molecule has 1 saturated carbocycles. The van der Waals surface area contributed by atoms with E-state index in [2.05, 4.69) is 10.9 Å². The predicted octanol–water partition coefficient (Wildman–Crippen LogP) is 1.19. The van der Waals surface area contributed by atoms with Crippen LogP contribution in [-0.2, 0) is 0 Å². The normalized spacial score (nSPS) is 29.5. The molecule has 114 valence electrons. The number of carbonyl (C=O) groups is 2. The fraction of sp³-hybridized carbons (Fsp3) is 0.571. The van der Waals surface area contributed by atoms with Gasteiger partial charge < -0.3 is 10.0 Å². The summed E-state index contributed by atoms with van der Waals surface area (Å²) in [6.07, 6.45) is 0.447. The summed E-state index contributed by atoms with van der Waals surface area (Å²) in [5, 5.41) is 11.9. The second kappa shape index (κ2) is 4.99. The van der Waals surface area contributed by atoms with E-state index in [-0.39, 0.29) is 35.4 Å². The van der Waals surface area contributed by atoms with Gasteiger partial charge in [-0.3, -0.25) is 10.2 Å². The van der Waals surface area contributed by atoms with Crippen molar-refractivity contribution in [2.45, 2.75) is 32.4 Å². The highest BCUT2D eigenvalue weighted by Crippen LogP contribution is 2.53. The van der Waals surface area contributed by atoms with E-state index in [0.29, 0.717) is 11.4 Å². The molecule has 7 heteroatoms. The van der Waals surface area contributed by atoms with Crippen molar-refractivity contribution in [3.05, 3.63) is 22.4 Å². The molecule has 1 aliphatic carbocycles. The lowest BCUT2D eigenvalue weighted by atomic mass is 9.58. The van der Waals surface area contributed by atoms with Crippen LogP contribution in [0.25, 0.3) is 0 Å². The lowest BCUT2D eigenvalue weighted by Gasteiger charge is -2.55. The van der Waals surface area contributed by atoms with Gasteiger partial charge in [0.05, 0.1) is 11.0 Å². The average Bonchev–Trinajstić information content (AvgIpc) is 3.11. The zero-order valence-corrected chi connectivity index (χ0v) is 12.8. The predicted molar refractivity (Wildman–Crippen MR) is 78.7 cm³/mol. The number of likely N-dealkylation sites (tertiary alicyclic amines) is 1. The summed E-state index contributed by atoms with van der Waals surface area (Å²) in [5.74, 6) is -0.166. The Balaban J connectivity index is 1.58. The number of nitrogens with one attached hydrogen (secondary N) is 2. The van der Waals surface area contributed by atoms with Crippen LogP contribution >= 0.6 is 11.3 Å². The third-order valence-electron chi connectivity index (χ3n) is 4.66. The van der Waals surface area contributed by atoms with Crippen LogP contribution in [0.1, 0.15) is 29.9 Å². The maximum absolute atomic E-state index is 12.2. The lowest BCUT2D eigenvalue weighted by Crippen LogP contribution is -2.66. The molecule has 1 aromatic heterocycles. The van der Waals surface area contributed by atoms with Gasteiger partial charge in [0.2, 0.25) is 0 Å². The number of carbonyl (C=O) groups excluding carboxylic acids is 2. The zero-order chi connectivity index (χ0) is 15.2. The summed E-state index contributed by atoms with van der Waals surface area (Å²) in [6.45, 7) is 4.54. The van der Waals surface area contributed by atoms with Crippen LogP contribution in [0, 0.1) is 11.3 Å². The van der Waals surface area contributed by atoms with Gasteiger partial charge in [-0.1, -0.05) is 19.9 Å². The molecule has 3 N–H and O–H groups in total. The number of aliphatic hydroxyl groups excluding tert-OH is 1. The molecule has 6 nitrogen and oxygen atoms in total. The number of hydrazine groups is 1. The summed E-state index contributed by atoms with van der Waals surface area (Å²) in [7, 11) is 0. The number of thiophene rings is 1. The Kier molecular flexibility index (Phi) is 3.41. The summed E-state index contributed by atoms with van der Waals surface area (Å²) in [4.78, 5) is 26.3. The van der Waals surface area contributed by atoms with Gasteiger partial charge in [-0.15, -0.1) is 11.3 Å². The van der Waals surface area contributed by atoms with Crippen LogP contribution in [0.2, 0.25) is 0 Å². The van der Waals surface area contributed by atoms with Gasteiger partial charge in [0.25, 0.3) is 5.91 Å². The quantitative estimate of drug-likeness (QED) is 0.682. The summed E-state index contributed by atoms with van der Waals surface area (Å²) < 4.78 is 0. The Morgan fingerprint density at radius 3 is 2.86 bits per heavy atom. The smallest absolute Gasteiger partial charge is 0.336 e. The molecule has 1 aliphatic heterocycles. The van der Waals surface area contributed by atoms with Crippen molar-refractivity contribution >= 4 is 23.3 Å². The van der Waals surface area contributed by atoms with Crippen LogP contribution in [0.3, 0.4) is 0 Å². The first kappa shape index (κ1) is 14.3. The van der Waals surface area contributed by atoms with E-state index in [0.717, 1.165) is 6.42 Å². The zero-order valence-electron chi connectivity index (χ0n) is 12.0. The molecule has 2 aliphatic rings.